The Labute approximate surface area is 194 Å². The molecule has 1 heterocycles. The van der Waals surface area contributed by atoms with Crippen molar-refractivity contribution >= 4 is 23.4 Å². The molecule has 0 saturated carbocycles. The molecule has 33 heavy (non-hydrogen) atoms. The summed E-state index contributed by atoms with van der Waals surface area (Å²) in [4.78, 5) is 38.7. The van der Waals surface area contributed by atoms with E-state index in [1.807, 2.05) is 0 Å². The molecule has 2 N–H and O–H groups in total. The van der Waals surface area contributed by atoms with Gasteiger partial charge in [0.2, 0.25) is 0 Å². The molecule has 0 saturated heterocycles. The summed E-state index contributed by atoms with van der Waals surface area (Å²) >= 11 is 0. The number of aromatic hydroxyl groups is 1. The van der Waals surface area contributed by atoms with Crippen LogP contribution in [-0.4, -0.2) is 46.6 Å². The Bertz CT molecular complexity index is 1070. The number of phenols is 1. The summed E-state index contributed by atoms with van der Waals surface area (Å²) in [5.74, 6) is -2.03. The van der Waals surface area contributed by atoms with Gasteiger partial charge in [-0.25, -0.2) is 4.79 Å². The van der Waals surface area contributed by atoms with Crippen molar-refractivity contribution in [3.8, 4) is 5.75 Å². The second kappa shape index (κ2) is 9.65. The van der Waals surface area contributed by atoms with Gasteiger partial charge in [-0.1, -0.05) is 25.1 Å². The molecular weight excluding hydrogens is 422 g/mol. The number of carboxylic acid groups (broad SMARTS) is 1. The van der Waals surface area contributed by atoms with Crippen molar-refractivity contribution in [1.82, 2.24) is 0 Å². The number of esters is 1. The number of aromatic carboxylic acids is 1. The van der Waals surface area contributed by atoms with Crippen LogP contribution in [0.5, 0.6) is 5.75 Å². The summed E-state index contributed by atoms with van der Waals surface area (Å²) in [5.41, 5.74) is 1.54. The number of rotatable bonds is 8. The van der Waals surface area contributed by atoms with Gasteiger partial charge in [-0.2, -0.15) is 0 Å². The van der Waals surface area contributed by atoms with E-state index >= 15 is 0 Å². The summed E-state index contributed by atoms with van der Waals surface area (Å²) < 4.78 is 5.02. The highest BCUT2D eigenvalue weighted by molar-refractivity contribution is 6.15. The molecule has 7 heteroatoms. The van der Waals surface area contributed by atoms with Gasteiger partial charge < -0.3 is 19.8 Å². The summed E-state index contributed by atoms with van der Waals surface area (Å²) in [7, 11) is 0. The van der Waals surface area contributed by atoms with Gasteiger partial charge in [0.15, 0.2) is 5.78 Å². The number of benzene rings is 2. The van der Waals surface area contributed by atoms with Gasteiger partial charge in [-0.15, -0.1) is 0 Å². The molecular formula is C26H31NO6. The molecule has 1 aliphatic heterocycles. The number of carbonyl (C=O) groups is 3. The molecule has 3 rings (SSSR count). The molecule has 0 amide bonds. The van der Waals surface area contributed by atoms with Crippen LogP contribution in [0.2, 0.25) is 0 Å². The molecule has 0 aromatic heterocycles. The van der Waals surface area contributed by atoms with Crippen LogP contribution in [-0.2, 0) is 9.53 Å². The van der Waals surface area contributed by atoms with Crippen LogP contribution in [0.25, 0.3) is 0 Å². The Hall–Kier alpha value is -3.35. The summed E-state index contributed by atoms with van der Waals surface area (Å²) in [6.45, 7) is 9.04. The van der Waals surface area contributed by atoms with Crippen molar-refractivity contribution in [2.75, 3.05) is 18.1 Å². The molecule has 0 aliphatic carbocycles. The SMILES string of the molecule is CCOC(=O)CCCN1c2cc(O)c(C(=O)c3ccccc3C(=O)O)cc2C(C)CC1(C)C. The van der Waals surface area contributed by atoms with E-state index in [1.165, 1.54) is 12.1 Å². The van der Waals surface area contributed by atoms with Crippen molar-refractivity contribution in [2.24, 2.45) is 0 Å². The maximum Gasteiger partial charge on any atom is 0.336 e. The van der Waals surface area contributed by atoms with Crippen LogP contribution in [0.1, 0.15) is 84.7 Å². The molecule has 1 aliphatic rings. The molecule has 0 fully saturated rings. The minimum absolute atomic E-state index is 0.0373. The average Bonchev–Trinajstić information content (AvgIpc) is 2.75. The minimum Gasteiger partial charge on any atom is -0.507 e. The van der Waals surface area contributed by atoms with Gasteiger partial charge in [0.05, 0.1) is 17.7 Å². The van der Waals surface area contributed by atoms with E-state index in [1.54, 1.807) is 31.2 Å². The molecule has 176 valence electrons. The number of nitrogens with zero attached hydrogens (tertiary/aromatic N) is 1. The Morgan fingerprint density at radius 2 is 1.79 bits per heavy atom. The zero-order chi connectivity index (χ0) is 24.3. The zero-order valence-electron chi connectivity index (χ0n) is 19.6. The molecule has 2 aromatic carbocycles. The van der Waals surface area contributed by atoms with Crippen LogP contribution in [0, 0.1) is 0 Å². The van der Waals surface area contributed by atoms with Crippen LogP contribution in [0.4, 0.5) is 5.69 Å². The Morgan fingerprint density at radius 3 is 2.42 bits per heavy atom. The number of ether oxygens (including phenoxy) is 1. The van der Waals surface area contributed by atoms with Gasteiger partial charge in [0.1, 0.15) is 5.75 Å². The largest absolute Gasteiger partial charge is 0.507 e. The average molecular weight is 454 g/mol. The van der Waals surface area contributed by atoms with Crippen LogP contribution >= 0.6 is 0 Å². The van der Waals surface area contributed by atoms with E-state index in [9.17, 15) is 24.6 Å². The van der Waals surface area contributed by atoms with Gasteiger partial charge in [-0.05, 0) is 57.2 Å². The zero-order valence-corrected chi connectivity index (χ0v) is 19.6. The van der Waals surface area contributed by atoms with Crippen LogP contribution < -0.4 is 4.90 Å². The predicted molar refractivity (Wildman–Crippen MR) is 125 cm³/mol. The highest BCUT2D eigenvalue weighted by Crippen LogP contribution is 2.46. The van der Waals surface area contributed by atoms with Crippen molar-refractivity contribution in [3.05, 3.63) is 58.7 Å². The lowest BCUT2D eigenvalue weighted by Gasteiger charge is -2.48. The maximum absolute atomic E-state index is 13.2. The number of hydrogen-bond acceptors (Lipinski definition) is 6. The normalized spacial score (nSPS) is 16.7. The number of carbonyl (C=O) groups excluding carboxylic acids is 2. The first-order valence-electron chi connectivity index (χ1n) is 11.2. The number of ketones is 1. The number of phenolic OH excluding ortho intramolecular Hbond substituents is 1. The second-order valence-corrected chi connectivity index (χ2v) is 9.09. The predicted octanol–water partition coefficient (Wildman–Crippen LogP) is 4.76. The quantitative estimate of drug-likeness (QED) is 0.439. The molecule has 0 spiro atoms. The van der Waals surface area contributed by atoms with E-state index in [-0.39, 0.29) is 39.9 Å². The third-order valence-electron chi connectivity index (χ3n) is 6.22. The first-order chi connectivity index (χ1) is 15.6. The fourth-order valence-electron chi connectivity index (χ4n) is 4.75. The smallest absolute Gasteiger partial charge is 0.336 e. The number of fused-ring (bicyclic) bond motifs is 1. The monoisotopic (exact) mass is 453 g/mol. The van der Waals surface area contributed by atoms with Crippen molar-refractivity contribution in [2.45, 2.75) is 58.4 Å². The molecule has 1 unspecified atom stereocenters. The van der Waals surface area contributed by atoms with E-state index in [0.29, 0.717) is 26.0 Å². The molecule has 1 atom stereocenters. The first kappa shape index (κ1) is 24.3. The standard InChI is InChI=1S/C26H31NO6/c1-5-33-23(29)11-8-12-27-21-14-22(28)20(13-19(21)16(2)15-26(27,3)4)24(30)17-9-6-7-10-18(17)25(31)32/h6-7,9-10,13-14,16,28H,5,8,11-12,15H2,1-4H3,(H,31,32). The van der Waals surface area contributed by atoms with Crippen LogP contribution in [0.15, 0.2) is 36.4 Å². The number of hydrogen-bond donors (Lipinski definition) is 2. The van der Waals surface area contributed by atoms with E-state index in [0.717, 1.165) is 17.7 Å². The van der Waals surface area contributed by atoms with Gasteiger partial charge in [0, 0.05) is 35.8 Å². The second-order valence-electron chi connectivity index (χ2n) is 9.09. The highest BCUT2D eigenvalue weighted by atomic mass is 16.5. The molecule has 0 radical (unpaired) electrons. The lowest BCUT2D eigenvalue weighted by molar-refractivity contribution is -0.143. The number of carboxylic acids is 1. The lowest BCUT2D eigenvalue weighted by Crippen LogP contribution is -2.49. The summed E-state index contributed by atoms with van der Waals surface area (Å²) in [6, 6.07) is 9.27. The molecule has 0 bridgehead atoms. The highest BCUT2D eigenvalue weighted by Gasteiger charge is 2.37. The first-order valence-corrected chi connectivity index (χ1v) is 11.2. The van der Waals surface area contributed by atoms with Gasteiger partial charge >= 0.3 is 11.9 Å². The van der Waals surface area contributed by atoms with Crippen LogP contribution in [0.3, 0.4) is 0 Å². The Balaban J connectivity index is 1.97. The Kier molecular flexibility index (Phi) is 7.10. The van der Waals surface area contributed by atoms with Gasteiger partial charge in [-0.3, -0.25) is 9.59 Å². The lowest BCUT2D eigenvalue weighted by atomic mass is 9.78. The molecule has 7 nitrogen and oxygen atoms in total. The fraction of sp³-hybridized carbons (Fsp3) is 0.423. The third kappa shape index (κ3) is 5.02. The summed E-state index contributed by atoms with van der Waals surface area (Å²) in [5, 5.41) is 20.3. The van der Waals surface area contributed by atoms with Crippen molar-refractivity contribution in [3.63, 3.8) is 0 Å². The summed E-state index contributed by atoms with van der Waals surface area (Å²) in [6.07, 6.45) is 1.73. The number of anilines is 1. The van der Waals surface area contributed by atoms with E-state index in [2.05, 4.69) is 25.7 Å². The molecule has 2 aromatic rings. The topological polar surface area (TPSA) is 104 Å². The third-order valence-corrected chi connectivity index (χ3v) is 6.22. The van der Waals surface area contributed by atoms with E-state index in [4.69, 9.17) is 4.74 Å². The Morgan fingerprint density at radius 1 is 1.12 bits per heavy atom. The van der Waals surface area contributed by atoms with Gasteiger partial charge in [0.25, 0.3) is 0 Å². The van der Waals surface area contributed by atoms with Crippen molar-refractivity contribution < 1.29 is 29.3 Å². The maximum atomic E-state index is 13.2. The van der Waals surface area contributed by atoms with E-state index < -0.39 is 11.8 Å². The van der Waals surface area contributed by atoms with Crippen molar-refractivity contribution in [1.29, 1.82) is 0 Å². The minimum atomic E-state index is -1.20. The fourth-order valence-corrected chi connectivity index (χ4v) is 4.75.